The molecule has 6 heteroatoms. The van der Waals surface area contributed by atoms with Gasteiger partial charge in [-0.3, -0.25) is 14.9 Å². The maximum Gasteiger partial charge on any atom is 0.269 e. The number of nitro benzene ring substituents is 1. The van der Waals surface area contributed by atoms with Crippen molar-refractivity contribution in [1.82, 2.24) is 4.90 Å². The SMILES string of the molecule is CN(C(=O)/C=C/c1ccc([N+](=O)[O-])cc1)C1(C#N)CCC1. The van der Waals surface area contributed by atoms with E-state index >= 15 is 0 Å². The number of carbonyl (C=O) groups excluding carboxylic acids is 1. The van der Waals surface area contributed by atoms with Gasteiger partial charge in [-0.25, -0.2) is 0 Å². The van der Waals surface area contributed by atoms with Crippen LogP contribution in [0.3, 0.4) is 0 Å². The highest BCUT2D eigenvalue weighted by Crippen LogP contribution is 2.36. The Morgan fingerprint density at radius 2 is 2.05 bits per heavy atom. The van der Waals surface area contributed by atoms with Crippen LogP contribution in [0.15, 0.2) is 30.3 Å². The molecule has 0 unspecified atom stereocenters. The van der Waals surface area contributed by atoms with E-state index in [1.807, 2.05) is 0 Å². The predicted octanol–water partition coefficient (Wildman–Crippen LogP) is 2.51. The van der Waals surface area contributed by atoms with Crippen LogP contribution >= 0.6 is 0 Å². The average molecular weight is 285 g/mol. The van der Waals surface area contributed by atoms with Gasteiger partial charge in [-0.2, -0.15) is 5.26 Å². The third kappa shape index (κ3) is 2.92. The van der Waals surface area contributed by atoms with Crippen LogP contribution in [-0.4, -0.2) is 28.3 Å². The van der Waals surface area contributed by atoms with Gasteiger partial charge < -0.3 is 4.90 Å². The van der Waals surface area contributed by atoms with E-state index in [0.29, 0.717) is 18.4 Å². The smallest absolute Gasteiger partial charge is 0.269 e. The van der Waals surface area contributed by atoms with Gasteiger partial charge >= 0.3 is 0 Å². The maximum absolute atomic E-state index is 12.1. The predicted molar refractivity (Wildman–Crippen MR) is 77.1 cm³/mol. The average Bonchev–Trinajstić information content (AvgIpc) is 2.44. The lowest BCUT2D eigenvalue weighted by molar-refractivity contribution is -0.384. The van der Waals surface area contributed by atoms with Gasteiger partial charge in [-0.05, 0) is 43.0 Å². The van der Waals surface area contributed by atoms with Crippen molar-refractivity contribution in [3.8, 4) is 6.07 Å². The zero-order valence-corrected chi connectivity index (χ0v) is 11.7. The molecule has 0 aliphatic heterocycles. The molecule has 0 saturated heterocycles. The van der Waals surface area contributed by atoms with Gasteiger partial charge in [0.15, 0.2) is 0 Å². The van der Waals surface area contributed by atoms with E-state index in [4.69, 9.17) is 0 Å². The van der Waals surface area contributed by atoms with Crippen molar-refractivity contribution in [2.75, 3.05) is 7.05 Å². The number of amides is 1. The third-order valence-corrected chi connectivity index (χ3v) is 3.88. The van der Waals surface area contributed by atoms with Crippen molar-refractivity contribution < 1.29 is 9.72 Å². The Bertz CT molecular complexity index is 625. The Morgan fingerprint density at radius 1 is 1.43 bits per heavy atom. The summed E-state index contributed by atoms with van der Waals surface area (Å²) in [5, 5.41) is 19.7. The van der Waals surface area contributed by atoms with E-state index in [-0.39, 0.29) is 11.6 Å². The Kier molecular flexibility index (Phi) is 4.03. The molecule has 1 saturated carbocycles. The normalized spacial score (nSPS) is 16.0. The Morgan fingerprint density at radius 3 is 2.48 bits per heavy atom. The molecule has 0 aromatic heterocycles. The van der Waals surface area contributed by atoms with Crippen LogP contribution in [0.5, 0.6) is 0 Å². The van der Waals surface area contributed by atoms with Crippen LogP contribution < -0.4 is 0 Å². The van der Waals surface area contributed by atoms with E-state index in [9.17, 15) is 20.2 Å². The van der Waals surface area contributed by atoms with E-state index in [1.54, 1.807) is 25.3 Å². The molecule has 1 aliphatic carbocycles. The monoisotopic (exact) mass is 285 g/mol. The molecule has 0 heterocycles. The van der Waals surface area contributed by atoms with Gasteiger partial charge in [0.25, 0.3) is 5.69 Å². The van der Waals surface area contributed by atoms with Crippen molar-refractivity contribution in [3.63, 3.8) is 0 Å². The maximum atomic E-state index is 12.1. The number of rotatable bonds is 4. The van der Waals surface area contributed by atoms with Crippen molar-refractivity contribution in [3.05, 3.63) is 46.0 Å². The molecule has 0 spiro atoms. The quantitative estimate of drug-likeness (QED) is 0.483. The minimum atomic E-state index is -0.670. The van der Waals surface area contributed by atoms with Gasteiger partial charge in [0.1, 0.15) is 5.54 Å². The van der Waals surface area contributed by atoms with E-state index in [0.717, 1.165) is 6.42 Å². The van der Waals surface area contributed by atoms with Crippen molar-refractivity contribution >= 4 is 17.7 Å². The molecule has 1 aromatic rings. The first kappa shape index (κ1) is 14.7. The summed E-state index contributed by atoms with van der Waals surface area (Å²) in [7, 11) is 1.63. The second kappa shape index (κ2) is 5.75. The summed E-state index contributed by atoms with van der Waals surface area (Å²) in [4.78, 5) is 23.6. The topological polar surface area (TPSA) is 87.2 Å². The second-order valence-corrected chi connectivity index (χ2v) is 5.08. The van der Waals surface area contributed by atoms with Crippen molar-refractivity contribution in [1.29, 1.82) is 5.26 Å². The lowest BCUT2D eigenvalue weighted by Gasteiger charge is -2.42. The Hall–Kier alpha value is -2.68. The molecule has 21 heavy (non-hydrogen) atoms. The fourth-order valence-corrected chi connectivity index (χ4v) is 2.23. The minimum Gasteiger partial charge on any atom is -0.323 e. The summed E-state index contributed by atoms with van der Waals surface area (Å²) in [6, 6.07) is 8.13. The van der Waals surface area contributed by atoms with E-state index in [1.165, 1.54) is 23.1 Å². The van der Waals surface area contributed by atoms with Gasteiger partial charge in [-0.1, -0.05) is 0 Å². The first-order chi connectivity index (χ1) is 9.98. The molecular formula is C15H15N3O3. The van der Waals surface area contributed by atoms with Crippen molar-refractivity contribution in [2.45, 2.75) is 24.8 Å². The highest BCUT2D eigenvalue weighted by Gasteiger charge is 2.42. The molecular weight excluding hydrogens is 270 g/mol. The molecule has 0 atom stereocenters. The molecule has 1 amide bonds. The molecule has 0 bridgehead atoms. The second-order valence-electron chi connectivity index (χ2n) is 5.08. The summed E-state index contributed by atoms with van der Waals surface area (Å²) in [5.41, 5.74) is 0.0344. The van der Waals surface area contributed by atoms with Crippen LogP contribution in [0.25, 0.3) is 6.08 Å². The molecule has 2 rings (SSSR count). The molecule has 0 N–H and O–H groups in total. The van der Waals surface area contributed by atoms with Crippen LogP contribution in [-0.2, 0) is 4.79 Å². The van der Waals surface area contributed by atoms with E-state index in [2.05, 4.69) is 6.07 Å². The first-order valence-electron chi connectivity index (χ1n) is 6.60. The minimum absolute atomic E-state index is 0.00787. The summed E-state index contributed by atoms with van der Waals surface area (Å²) >= 11 is 0. The molecule has 1 fully saturated rings. The zero-order chi connectivity index (χ0) is 15.5. The summed E-state index contributed by atoms with van der Waals surface area (Å²) in [6.07, 6.45) is 5.34. The molecule has 1 aliphatic rings. The number of carbonyl (C=O) groups is 1. The lowest BCUT2D eigenvalue weighted by Crippen LogP contribution is -2.52. The van der Waals surface area contributed by atoms with Gasteiger partial charge in [0.05, 0.1) is 11.0 Å². The standard InChI is InChI=1S/C15H15N3O3/c1-17(15(11-16)9-2-10-15)14(19)8-5-12-3-6-13(7-4-12)18(20)21/h3-8H,2,9-10H2,1H3/b8-5+. The Balaban J connectivity index is 2.05. The van der Waals surface area contributed by atoms with Gasteiger partial charge in [0, 0.05) is 25.3 Å². The molecule has 0 radical (unpaired) electrons. The number of nitro groups is 1. The van der Waals surface area contributed by atoms with Crippen LogP contribution in [0, 0.1) is 21.4 Å². The fourth-order valence-electron chi connectivity index (χ4n) is 2.23. The number of nitrogens with zero attached hydrogens (tertiary/aromatic N) is 3. The summed E-state index contributed by atoms with van der Waals surface area (Å²) < 4.78 is 0. The van der Waals surface area contributed by atoms with Crippen LogP contribution in [0.4, 0.5) is 5.69 Å². The number of non-ortho nitro benzene ring substituents is 1. The Labute approximate surface area is 122 Å². The lowest BCUT2D eigenvalue weighted by atomic mass is 9.76. The molecule has 108 valence electrons. The van der Waals surface area contributed by atoms with E-state index < -0.39 is 10.5 Å². The van der Waals surface area contributed by atoms with Crippen molar-refractivity contribution in [2.24, 2.45) is 0 Å². The fraction of sp³-hybridized carbons (Fsp3) is 0.333. The van der Waals surface area contributed by atoms with Gasteiger partial charge in [-0.15, -0.1) is 0 Å². The number of likely N-dealkylation sites (N-methyl/N-ethyl adjacent to an activating group) is 1. The zero-order valence-electron chi connectivity index (χ0n) is 11.7. The number of nitriles is 1. The summed E-state index contributed by atoms with van der Waals surface area (Å²) in [5.74, 6) is -0.241. The van der Waals surface area contributed by atoms with Crippen LogP contribution in [0.2, 0.25) is 0 Å². The van der Waals surface area contributed by atoms with Crippen LogP contribution in [0.1, 0.15) is 24.8 Å². The number of hydrogen-bond acceptors (Lipinski definition) is 4. The molecule has 6 nitrogen and oxygen atoms in total. The number of hydrogen-bond donors (Lipinski definition) is 0. The highest BCUT2D eigenvalue weighted by atomic mass is 16.6. The third-order valence-electron chi connectivity index (χ3n) is 3.88. The van der Waals surface area contributed by atoms with Gasteiger partial charge in [0.2, 0.25) is 5.91 Å². The largest absolute Gasteiger partial charge is 0.323 e. The first-order valence-corrected chi connectivity index (χ1v) is 6.60. The highest BCUT2D eigenvalue weighted by molar-refractivity contribution is 5.92. The molecule has 1 aromatic carbocycles. The number of benzene rings is 1. The summed E-state index contributed by atoms with van der Waals surface area (Å²) in [6.45, 7) is 0.